The van der Waals surface area contributed by atoms with E-state index in [0.717, 1.165) is 5.56 Å². The highest BCUT2D eigenvalue weighted by Crippen LogP contribution is 2.21. The van der Waals surface area contributed by atoms with Gasteiger partial charge in [0.05, 0.1) is 5.69 Å². The predicted molar refractivity (Wildman–Crippen MR) is 81.0 cm³/mol. The summed E-state index contributed by atoms with van der Waals surface area (Å²) in [7, 11) is 1.59. The van der Waals surface area contributed by atoms with Gasteiger partial charge in [-0.15, -0.1) is 0 Å². The molecule has 21 heavy (non-hydrogen) atoms. The fourth-order valence-electron chi connectivity index (χ4n) is 2.82. The van der Waals surface area contributed by atoms with E-state index < -0.39 is 5.97 Å². The van der Waals surface area contributed by atoms with Crippen LogP contribution in [0, 0.1) is 5.82 Å². The summed E-state index contributed by atoms with van der Waals surface area (Å²) in [5.74, 6) is -1.36. The molecule has 1 aliphatic carbocycles. The van der Waals surface area contributed by atoms with Gasteiger partial charge in [0, 0.05) is 19.6 Å². The first-order valence-electron chi connectivity index (χ1n) is 7.51. The SMILES string of the molecule is CN(CC(=O)O)c1cc(CNC2CCCCC2)ccc1F. The smallest absolute Gasteiger partial charge is 0.323 e. The summed E-state index contributed by atoms with van der Waals surface area (Å²) < 4.78 is 13.8. The van der Waals surface area contributed by atoms with Gasteiger partial charge in [0.25, 0.3) is 0 Å². The minimum absolute atomic E-state index is 0.212. The molecule has 2 N–H and O–H groups in total. The Labute approximate surface area is 125 Å². The van der Waals surface area contributed by atoms with Crippen molar-refractivity contribution in [3.8, 4) is 0 Å². The molecule has 1 aromatic rings. The van der Waals surface area contributed by atoms with Gasteiger partial charge in [0.2, 0.25) is 0 Å². The van der Waals surface area contributed by atoms with E-state index in [4.69, 9.17) is 5.11 Å². The van der Waals surface area contributed by atoms with Gasteiger partial charge in [-0.05, 0) is 30.5 Å². The maximum absolute atomic E-state index is 13.8. The average molecular weight is 294 g/mol. The third-order valence-corrected chi connectivity index (χ3v) is 3.99. The Bertz CT molecular complexity index is 487. The highest BCUT2D eigenvalue weighted by molar-refractivity contribution is 5.73. The molecule has 1 aromatic carbocycles. The topological polar surface area (TPSA) is 52.6 Å². The van der Waals surface area contributed by atoms with Crippen LogP contribution in [0.3, 0.4) is 0 Å². The lowest BCUT2D eigenvalue weighted by atomic mass is 9.95. The Morgan fingerprint density at radius 3 is 2.76 bits per heavy atom. The van der Waals surface area contributed by atoms with Crippen molar-refractivity contribution >= 4 is 11.7 Å². The summed E-state index contributed by atoms with van der Waals surface area (Å²) in [6, 6.07) is 5.44. The quantitative estimate of drug-likeness (QED) is 0.847. The summed E-state index contributed by atoms with van der Waals surface area (Å²) in [6.07, 6.45) is 6.26. The monoisotopic (exact) mass is 294 g/mol. The van der Waals surface area contributed by atoms with Crippen molar-refractivity contribution in [1.29, 1.82) is 0 Å². The maximum atomic E-state index is 13.8. The van der Waals surface area contributed by atoms with E-state index in [1.807, 2.05) is 0 Å². The minimum atomic E-state index is -0.970. The molecule has 1 aliphatic rings. The van der Waals surface area contributed by atoms with Gasteiger partial charge in [-0.25, -0.2) is 4.39 Å². The molecule has 0 spiro atoms. The van der Waals surface area contributed by atoms with Gasteiger partial charge < -0.3 is 15.3 Å². The molecule has 5 heteroatoms. The van der Waals surface area contributed by atoms with Gasteiger partial charge in [0.1, 0.15) is 12.4 Å². The second-order valence-electron chi connectivity index (χ2n) is 5.75. The number of anilines is 1. The average Bonchev–Trinajstić information content (AvgIpc) is 2.46. The number of nitrogens with zero attached hydrogens (tertiary/aromatic N) is 1. The molecule has 0 heterocycles. The number of likely N-dealkylation sites (N-methyl/N-ethyl adjacent to an activating group) is 1. The Morgan fingerprint density at radius 1 is 1.38 bits per heavy atom. The van der Waals surface area contributed by atoms with Gasteiger partial charge in [-0.3, -0.25) is 4.79 Å². The number of hydrogen-bond donors (Lipinski definition) is 2. The molecule has 0 atom stereocenters. The highest BCUT2D eigenvalue weighted by atomic mass is 19.1. The zero-order chi connectivity index (χ0) is 15.2. The van der Waals surface area contributed by atoms with Crippen LogP contribution < -0.4 is 10.2 Å². The van der Waals surface area contributed by atoms with Crippen LogP contribution in [0.25, 0.3) is 0 Å². The molecule has 1 saturated carbocycles. The van der Waals surface area contributed by atoms with Crippen LogP contribution in [-0.4, -0.2) is 30.7 Å². The number of aliphatic carboxylic acids is 1. The van der Waals surface area contributed by atoms with E-state index in [9.17, 15) is 9.18 Å². The third-order valence-electron chi connectivity index (χ3n) is 3.99. The zero-order valence-corrected chi connectivity index (χ0v) is 12.4. The second kappa shape index (κ2) is 7.41. The molecule has 0 bridgehead atoms. The van der Waals surface area contributed by atoms with Crippen molar-refractivity contribution in [2.24, 2.45) is 0 Å². The summed E-state index contributed by atoms with van der Waals surface area (Å²) in [4.78, 5) is 12.2. The van der Waals surface area contributed by atoms with Crippen molar-refractivity contribution in [2.45, 2.75) is 44.7 Å². The number of rotatable bonds is 6. The fraction of sp³-hybridized carbons (Fsp3) is 0.562. The van der Waals surface area contributed by atoms with Crippen molar-refractivity contribution in [2.75, 3.05) is 18.5 Å². The van der Waals surface area contributed by atoms with Gasteiger partial charge in [-0.1, -0.05) is 25.3 Å². The summed E-state index contributed by atoms with van der Waals surface area (Å²) in [6.45, 7) is 0.481. The maximum Gasteiger partial charge on any atom is 0.323 e. The molecule has 4 nitrogen and oxygen atoms in total. The van der Waals surface area contributed by atoms with Crippen LogP contribution >= 0.6 is 0 Å². The Kier molecular flexibility index (Phi) is 5.56. The molecule has 0 radical (unpaired) electrons. The number of benzene rings is 1. The molecule has 0 aliphatic heterocycles. The van der Waals surface area contributed by atoms with E-state index in [-0.39, 0.29) is 12.4 Å². The number of hydrogen-bond acceptors (Lipinski definition) is 3. The lowest BCUT2D eigenvalue weighted by Gasteiger charge is -2.23. The van der Waals surface area contributed by atoms with E-state index >= 15 is 0 Å². The van der Waals surface area contributed by atoms with E-state index in [1.165, 1.54) is 43.1 Å². The normalized spacial score (nSPS) is 15.9. The molecule has 1 fully saturated rings. The Hall–Kier alpha value is -1.62. The van der Waals surface area contributed by atoms with E-state index in [1.54, 1.807) is 19.2 Å². The van der Waals surface area contributed by atoms with Crippen LogP contribution in [-0.2, 0) is 11.3 Å². The fourth-order valence-corrected chi connectivity index (χ4v) is 2.82. The van der Waals surface area contributed by atoms with Gasteiger partial charge >= 0.3 is 5.97 Å². The largest absolute Gasteiger partial charge is 0.480 e. The van der Waals surface area contributed by atoms with Crippen LogP contribution in [0.5, 0.6) is 0 Å². The summed E-state index contributed by atoms with van der Waals surface area (Å²) in [5.41, 5.74) is 1.31. The molecular formula is C16H23FN2O2. The van der Waals surface area contributed by atoms with Crippen molar-refractivity contribution in [3.05, 3.63) is 29.6 Å². The first-order valence-corrected chi connectivity index (χ1v) is 7.51. The van der Waals surface area contributed by atoms with Crippen molar-refractivity contribution < 1.29 is 14.3 Å². The predicted octanol–water partition coefficient (Wildman–Crippen LogP) is 2.77. The van der Waals surface area contributed by atoms with Crippen LogP contribution in [0.2, 0.25) is 0 Å². The lowest BCUT2D eigenvalue weighted by molar-refractivity contribution is -0.135. The molecule has 0 amide bonds. The van der Waals surface area contributed by atoms with Crippen LogP contribution in [0.4, 0.5) is 10.1 Å². The van der Waals surface area contributed by atoms with Crippen molar-refractivity contribution in [1.82, 2.24) is 5.32 Å². The summed E-state index contributed by atoms with van der Waals surface area (Å²) >= 11 is 0. The first kappa shape index (κ1) is 15.8. The number of nitrogens with one attached hydrogen (secondary N) is 1. The number of carbonyl (C=O) groups is 1. The molecule has 0 aromatic heterocycles. The Morgan fingerprint density at radius 2 is 2.10 bits per heavy atom. The van der Waals surface area contributed by atoms with Crippen LogP contribution in [0.1, 0.15) is 37.7 Å². The molecule has 2 rings (SSSR count). The molecule has 116 valence electrons. The number of carboxylic acids is 1. The van der Waals surface area contributed by atoms with Gasteiger partial charge in [0.15, 0.2) is 0 Å². The molecule has 0 saturated heterocycles. The summed E-state index contributed by atoms with van der Waals surface area (Å²) in [5, 5.41) is 12.3. The van der Waals surface area contributed by atoms with Crippen LogP contribution in [0.15, 0.2) is 18.2 Å². The third kappa shape index (κ3) is 4.70. The number of halogens is 1. The number of carboxylic acid groups (broad SMARTS) is 1. The first-order chi connectivity index (χ1) is 10.1. The lowest BCUT2D eigenvalue weighted by Crippen LogP contribution is -2.30. The molecule has 0 unspecified atom stereocenters. The zero-order valence-electron chi connectivity index (χ0n) is 12.4. The van der Waals surface area contributed by atoms with Gasteiger partial charge in [-0.2, -0.15) is 0 Å². The standard InChI is InChI=1S/C16H23FN2O2/c1-19(11-16(20)21)15-9-12(7-8-14(15)17)10-18-13-5-3-2-4-6-13/h7-9,13,18H,2-6,10-11H2,1H3,(H,20,21). The Balaban J connectivity index is 1.98. The van der Waals surface area contributed by atoms with Crippen molar-refractivity contribution in [3.63, 3.8) is 0 Å². The molecular weight excluding hydrogens is 271 g/mol. The van der Waals surface area contributed by atoms with E-state index in [0.29, 0.717) is 18.3 Å². The second-order valence-corrected chi connectivity index (χ2v) is 5.75. The van der Waals surface area contributed by atoms with E-state index in [2.05, 4.69) is 5.32 Å². The highest BCUT2D eigenvalue weighted by Gasteiger charge is 2.14. The minimum Gasteiger partial charge on any atom is -0.480 e.